The molecule has 0 spiro atoms. The van der Waals surface area contributed by atoms with Crippen LogP contribution in [0.15, 0.2) is 35.7 Å². The van der Waals surface area contributed by atoms with Crippen molar-refractivity contribution in [1.29, 1.82) is 0 Å². The van der Waals surface area contributed by atoms with E-state index >= 15 is 0 Å². The summed E-state index contributed by atoms with van der Waals surface area (Å²) in [6, 6.07) is 11.5. The van der Waals surface area contributed by atoms with Crippen LogP contribution in [0.4, 0.5) is 0 Å². The maximum atomic E-state index is 3.43. The van der Waals surface area contributed by atoms with Crippen molar-refractivity contribution >= 4 is 11.3 Å². The highest BCUT2D eigenvalue weighted by Crippen LogP contribution is 2.29. The Hall–Kier alpha value is -1.12. The van der Waals surface area contributed by atoms with E-state index in [1.54, 1.807) is 0 Å². The molecule has 2 heteroatoms. The molecular formula is C15H19NS. The summed E-state index contributed by atoms with van der Waals surface area (Å²) in [6.45, 7) is 7.52. The standard InChI is InChI=1S/C15H19NS/c1-4-16-12(3)13-5-7-14(8-6-13)15-11(2)9-10-17-15/h5-10,12,16H,4H2,1-3H3. The Bertz CT molecular complexity index is 470. The lowest BCUT2D eigenvalue weighted by molar-refractivity contribution is 0.598. The van der Waals surface area contributed by atoms with E-state index < -0.39 is 0 Å². The first kappa shape index (κ1) is 12.3. The zero-order chi connectivity index (χ0) is 12.3. The van der Waals surface area contributed by atoms with Crippen LogP contribution in [0.3, 0.4) is 0 Å². The van der Waals surface area contributed by atoms with Gasteiger partial charge in [0.05, 0.1) is 0 Å². The van der Waals surface area contributed by atoms with Gasteiger partial charge in [-0.3, -0.25) is 0 Å². The van der Waals surface area contributed by atoms with Crippen molar-refractivity contribution < 1.29 is 0 Å². The Morgan fingerprint density at radius 2 is 1.88 bits per heavy atom. The number of rotatable bonds is 4. The molecule has 0 aliphatic carbocycles. The van der Waals surface area contributed by atoms with E-state index in [2.05, 4.69) is 61.8 Å². The fraction of sp³-hybridized carbons (Fsp3) is 0.333. The van der Waals surface area contributed by atoms with Crippen molar-refractivity contribution in [1.82, 2.24) is 5.32 Å². The molecule has 1 atom stereocenters. The van der Waals surface area contributed by atoms with Gasteiger partial charge in [0.25, 0.3) is 0 Å². The molecule has 1 aromatic carbocycles. The van der Waals surface area contributed by atoms with Gasteiger partial charge in [0, 0.05) is 10.9 Å². The average molecular weight is 245 g/mol. The van der Waals surface area contributed by atoms with Gasteiger partial charge in [0.1, 0.15) is 0 Å². The molecule has 2 aromatic rings. The molecule has 0 bridgehead atoms. The van der Waals surface area contributed by atoms with E-state index in [9.17, 15) is 0 Å². The van der Waals surface area contributed by atoms with Gasteiger partial charge >= 0.3 is 0 Å². The minimum Gasteiger partial charge on any atom is -0.310 e. The molecule has 17 heavy (non-hydrogen) atoms. The van der Waals surface area contributed by atoms with Gasteiger partial charge in [-0.2, -0.15) is 0 Å². The van der Waals surface area contributed by atoms with Crippen LogP contribution in [0.5, 0.6) is 0 Å². The fourth-order valence-corrected chi connectivity index (χ4v) is 2.95. The predicted molar refractivity (Wildman–Crippen MR) is 76.6 cm³/mol. The zero-order valence-corrected chi connectivity index (χ0v) is 11.5. The highest BCUT2D eigenvalue weighted by atomic mass is 32.1. The van der Waals surface area contributed by atoms with Gasteiger partial charge in [-0.05, 0) is 48.5 Å². The molecule has 1 aromatic heterocycles. The number of hydrogen-bond donors (Lipinski definition) is 1. The molecule has 0 radical (unpaired) electrons. The van der Waals surface area contributed by atoms with Crippen LogP contribution in [-0.4, -0.2) is 6.54 Å². The minimum absolute atomic E-state index is 0.429. The molecule has 1 heterocycles. The largest absolute Gasteiger partial charge is 0.310 e. The molecule has 2 rings (SSSR count). The summed E-state index contributed by atoms with van der Waals surface area (Å²) in [7, 11) is 0. The normalized spacial score (nSPS) is 12.6. The molecule has 0 saturated carbocycles. The lowest BCUT2D eigenvalue weighted by atomic mass is 10.0. The molecule has 0 saturated heterocycles. The average Bonchev–Trinajstić information content (AvgIpc) is 2.76. The first-order valence-electron chi connectivity index (χ1n) is 6.10. The zero-order valence-electron chi connectivity index (χ0n) is 10.7. The Morgan fingerprint density at radius 1 is 1.18 bits per heavy atom. The van der Waals surface area contributed by atoms with Crippen molar-refractivity contribution in [2.45, 2.75) is 26.8 Å². The third kappa shape index (κ3) is 2.76. The van der Waals surface area contributed by atoms with Gasteiger partial charge in [-0.1, -0.05) is 31.2 Å². The maximum absolute atomic E-state index is 3.43. The minimum atomic E-state index is 0.429. The van der Waals surface area contributed by atoms with Gasteiger partial charge in [-0.25, -0.2) is 0 Å². The number of hydrogen-bond acceptors (Lipinski definition) is 2. The van der Waals surface area contributed by atoms with E-state index in [-0.39, 0.29) is 0 Å². The third-order valence-electron chi connectivity index (χ3n) is 3.05. The number of thiophene rings is 1. The van der Waals surface area contributed by atoms with Gasteiger partial charge in [0.15, 0.2) is 0 Å². The third-order valence-corrected chi connectivity index (χ3v) is 4.11. The first-order chi connectivity index (χ1) is 8.22. The molecule has 90 valence electrons. The van der Waals surface area contributed by atoms with Crippen LogP contribution in [0.25, 0.3) is 10.4 Å². The second kappa shape index (κ2) is 5.48. The van der Waals surface area contributed by atoms with Gasteiger partial charge < -0.3 is 5.32 Å². The summed E-state index contributed by atoms with van der Waals surface area (Å²) in [5.74, 6) is 0. The summed E-state index contributed by atoms with van der Waals surface area (Å²) in [5, 5.41) is 5.58. The number of nitrogens with one attached hydrogen (secondary N) is 1. The van der Waals surface area contributed by atoms with E-state index in [0.717, 1.165) is 6.54 Å². The SMILES string of the molecule is CCNC(C)c1ccc(-c2sccc2C)cc1. The van der Waals surface area contributed by atoms with Crippen molar-refractivity contribution in [3.8, 4) is 10.4 Å². The van der Waals surface area contributed by atoms with Crippen molar-refractivity contribution in [2.75, 3.05) is 6.54 Å². The topological polar surface area (TPSA) is 12.0 Å². The van der Waals surface area contributed by atoms with Crippen LogP contribution in [-0.2, 0) is 0 Å². The van der Waals surface area contributed by atoms with Crippen LogP contribution in [0.2, 0.25) is 0 Å². The van der Waals surface area contributed by atoms with E-state index in [1.165, 1.54) is 21.6 Å². The Labute approximate surface area is 108 Å². The first-order valence-corrected chi connectivity index (χ1v) is 6.98. The lowest BCUT2D eigenvalue weighted by Crippen LogP contribution is -2.17. The Balaban J connectivity index is 2.21. The second-order valence-electron chi connectivity index (χ2n) is 4.33. The molecule has 0 aliphatic rings. The van der Waals surface area contributed by atoms with E-state index in [1.807, 2.05) is 11.3 Å². The van der Waals surface area contributed by atoms with E-state index in [4.69, 9.17) is 0 Å². The van der Waals surface area contributed by atoms with Crippen molar-refractivity contribution in [3.63, 3.8) is 0 Å². The highest BCUT2D eigenvalue weighted by Gasteiger charge is 2.06. The molecule has 1 N–H and O–H groups in total. The molecule has 0 fully saturated rings. The Kier molecular flexibility index (Phi) is 3.97. The molecule has 1 nitrogen and oxygen atoms in total. The molecule has 0 aliphatic heterocycles. The molecular weight excluding hydrogens is 226 g/mol. The van der Waals surface area contributed by atoms with Crippen molar-refractivity contribution in [3.05, 3.63) is 46.8 Å². The lowest BCUT2D eigenvalue weighted by Gasteiger charge is -2.13. The summed E-state index contributed by atoms with van der Waals surface area (Å²) in [6.07, 6.45) is 0. The summed E-state index contributed by atoms with van der Waals surface area (Å²) in [4.78, 5) is 1.38. The van der Waals surface area contributed by atoms with Gasteiger partial charge in [0.2, 0.25) is 0 Å². The number of benzene rings is 1. The van der Waals surface area contributed by atoms with Crippen LogP contribution < -0.4 is 5.32 Å². The van der Waals surface area contributed by atoms with Crippen LogP contribution in [0.1, 0.15) is 31.0 Å². The summed E-state index contributed by atoms with van der Waals surface area (Å²) < 4.78 is 0. The summed E-state index contributed by atoms with van der Waals surface area (Å²) >= 11 is 1.81. The molecule has 0 amide bonds. The Morgan fingerprint density at radius 3 is 2.41 bits per heavy atom. The highest BCUT2D eigenvalue weighted by molar-refractivity contribution is 7.13. The quantitative estimate of drug-likeness (QED) is 0.842. The molecule has 1 unspecified atom stereocenters. The monoisotopic (exact) mass is 245 g/mol. The maximum Gasteiger partial charge on any atom is 0.0371 e. The van der Waals surface area contributed by atoms with Gasteiger partial charge in [-0.15, -0.1) is 11.3 Å². The second-order valence-corrected chi connectivity index (χ2v) is 5.25. The van der Waals surface area contributed by atoms with Crippen molar-refractivity contribution in [2.24, 2.45) is 0 Å². The predicted octanol–water partition coefficient (Wildman–Crippen LogP) is 4.39. The number of aryl methyl sites for hydroxylation is 1. The summed E-state index contributed by atoms with van der Waals surface area (Å²) in [5.41, 5.74) is 4.04. The fourth-order valence-electron chi connectivity index (χ4n) is 2.02. The smallest absolute Gasteiger partial charge is 0.0371 e. The van der Waals surface area contributed by atoms with E-state index in [0.29, 0.717) is 6.04 Å². The van der Waals surface area contributed by atoms with Crippen LogP contribution >= 0.6 is 11.3 Å². The van der Waals surface area contributed by atoms with Crippen LogP contribution in [0, 0.1) is 6.92 Å².